The van der Waals surface area contributed by atoms with Crippen molar-refractivity contribution < 1.29 is 9.59 Å². The number of rotatable bonds is 4. The topological polar surface area (TPSA) is 62.6 Å². The van der Waals surface area contributed by atoms with Gasteiger partial charge in [-0.1, -0.05) is 43.2 Å². The van der Waals surface area contributed by atoms with E-state index >= 15 is 0 Å². The van der Waals surface area contributed by atoms with Crippen molar-refractivity contribution in [1.82, 2.24) is 14.4 Å². The molecule has 186 valence electrons. The molecule has 0 radical (unpaired) electrons. The zero-order valence-electron chi connectivity index (χ0n) is 20.7. The van der Waals surface area contributed by atoms with E-state index in [-0.39, 0.29) is 29.0 Å². The molecule has 1 aliphatic carbocycles. The van der Waals surface area contributed by atoms with Crippen molar-refractivity contribution in [2.24, 2.45) is 0 Å². The summed E-state index contributed by atoms with van der Waals surface area (Å²) in [6.07, 6.45) is 13.7. The Kier molecular flexibility index (Phi) is 7.35. The first-order chi connectivity index (χ1) is 17.1. The van der Waals surface area contributed by atoms with Gasteiger partial charge in [-0.2, -0.15) is 0 Å². The molecule has 3 fully saturated rings. The molecule has 0 unspecified atom stereocenters. The minimum absolute atomic E-state index is 0.165. The summed E-state index contributed by atoms with van der Waals surface area (Å²) >= 11 is 0. The Hall–Kier alpha value is -2.89. The summed E-state index contributed by atoms with van der Waals surface area (Å²) in [5.41, 5.74) is 1.25. The summed E-state index contributed by atoms with van der Waals surface area (Å²) in [6, 6.07) is 10.8. The van der Waals surface area contributed by atoms with Crippen LogP contribution >= 0.6 is 0 Å². The van der Waals surface area contributed by atoms with Gasteiger partial charge in [0.15, 0.2) is 0 Å². The van der Waals surface area contributed by atoms with Crippen LogP contribution in [0.4, 0.5) is 0 Å². The van der Waals surface area contributed by atoms with Gasteiger partial charge in [-0.15, -0.1) is 0 Å². The second kappa shape index (κ2) is 10.8. The third-order valence-corrected chi connectivity index (χ3v) is 8.18. The zero-order chi connectivity index (χ0) is 24.2. The minimum Gasteiger partial charge on any atom is -0.349 e. The summed E-state index contributed by atoms with van der Waals surface area (Å²) < 4.78 is 2.00. The monoisotopic (exact) mass is 475 g/mol. The van der Waals surface area contributed by atoms with E-state index in [0.29, 0.717) is 32.1 Å². The van der Waals surface area contributed by atoms with E-state index in [4.69, 9.17) is 0 Å². The van der Waals surface area contributed by atoms with Crippen molar-refractivity contribution in [3.05, 3.63) is 69.6 Å². The summed E-state index contributed by atoms with van der Waals surface area (Å²) in [6.45, 7) is 2.65. The van der Waals surface area contributed by atoms with Crippen molar-refractivity contribution in [1.29, 1.82) is 0 Å². The molecule has 6 nitrogen and oxygen atoms in total. The van der Waals surface area contributed by atoms with E-state index in [9.17, 15) is 14.4 Å². The number of benzene rings is 1. The van der Waals surface area contributed by atoms with E-state index < -0.39 is 5.43 Å². The number of carbonyl (C=O) groups excluding carboxylic acids is 2. The van der Waals surface area contributed by atoms with Crippen LogP contribution in [0.25, 0.3) is 0 Å². The normalized spacial score (nSPS) is 21.7. The summed E-state index contributed by atoms with van der Waals surface area (Å²) in [7, 11) is 0. The summed E-state index contributed by atoms with van der Waals surface area (Å²) in [5.74, 6) is -0.00369. The van der Waals surface area contributed by atoms with E-state index in [1.165, 1.54) is 5.56 Å². The molecular weight excluding hydrogens is 438 g/mol. The van der Waals surface area contributed by atoms with Crippen molar-refractivity contribution in [2.45, 2.75) is 76.2 Å². The molecule has 1 atom stereocenters. The number of piperidine rings is 1. The van der Waals surface area contributed by atoms with E-state index in [1.807, 2.05) is 15.5 Å². The molecule has 5 rings (SSSR count). The number of carbonyl (C=O) groups is 2. The van der Waals surface area contributed by atoms with Gasteiger partial charge in [0.05, 0.1) is 0 Å². The first-order valence-corrected chi connectivity index (χ1v) is 13.5. The summed E-state index contributed by atoms with van der Waals surface area (Å²) in [4.78, 5) is 44.3. The van der Waals surface area contributed by atoms with Crippen LogP contribution in [0.3, 0.4) is 0 Å². The lowest BCUT2D eigenvalue weighted by Gasteiger charge is -2.27. The SMILES string of the molecule is O=C(c1cn(C2CCCC2)cc(C(=O)N2CCC[C@H](c3ccccc3)CC2)c1=O)N1CCCCC1. The van der Waals surface area contributed by atoms with Gasteiger partial charge in [-0.3, -0.25) is 14.4 Å². The van der Waals surface area contributed by atoms with Gasteiger partial charge in [0.25, 0.3) is 11.8 Å². The van der Waals surface area contributed by atoms with Gasteiger partial charge >= 0.3 is 0 Å². The fourth-order valence-corrected chi connectivity index (χ4v) is 6.11. The third kappa shape index (κ3) is 5.21. The molecule has 2 amide bonds. The average Bonchev–Trinajstić information content (AvgIpc) is 3.33. The Morgan fingerprint density at radius 1 is 0.657 bits per heavy atom. The second-order valence-electron chi connectivity index (χ2n) is 10.5. The highest BCUT2D eigenvalue weighted by molar-refractivity contribution is 5.99. The number of hydrogen-bond donors (Lipinski definition) is 0. The quantitative estimate of drug-likeness (QED) is 0.625. The van der Waals surface area contributed by atoms with Gasteiger partial charge in [0, 0.05) is 44.6 Å². The van der Waals surface area contributed by atoms with E-state index in [2.05, 4.69) is 24.3 Å². The molecule has 3 aliphatic rings. The first kappa shape index (κ1) is 23.8. The van der Waals surface area contributed by atoms with Crippen LogP contribution in [-0.4, -0.2) is 52.4 Å². The maximum Gasteiger partial charge on any atom is 0.259 e. The van der Waals surface area contributed by atoms with Gasteiger partial charge in [-0.25, -0.2) is 0 Å². The molecular formula is C29H37N3O3. The highest BCUT2D eigenvalue weighted by atomic mass is 16.2. The van der Waals surface area contributed by atoms with Crippen LogP contribution in [0, 0.1) is 0 Å². The molecule has 0 spiro atoms. The fourth-order valence-electron chi connectivity index (χ4n) is 6.11. The van der Waals surface area contributed by atoms with Crippen LogP contribution in [0.2, 0.25) is 0 Å². The number of likely N-dealkylation sites (tertiary alicyclic amines) is 2. The average molecular weight is 476 g/mol. The molecule has 0 bridgehead atoms. The third-order valence-electron chi connectivity index (χ3n) is 8.18. The van der Waals surface area contributed by atoms with E-state index in [0.717, 1.165) is 64.2 Å². The largest absolute Gasteiger partial charge is 0.349 e. The molecule has 3 heterocycles. The second-order valence-corrected chi connectivity index (χ2v) is 10.5. The standard InChI is InChI=1S/C29H37N3O3/c33-27-25(28(34)30-16-7-2-8-17-30)20-32(24-13-5-6-14-24)21-26(27)29(35)31-18-9-12-23(15-19-31)22-10-3-1-4-11-22/h1,3-4,10-11,20-21,23-24H,2,5-9,12-19H2/t23-/m0/s1. The van der Waals surface area contributed by atoms with Crippen molar-refractivity contribution in [3.63, 3.8) is 0 Å². The molecule has 35 heavy (non-hydrogen) atoms. The van der Waals surface area contributed by atoms with Crippen molar-refractivity contribution in [2.75, 3.05) is 26.2 Å². The number of amides is 2. The molecule has 2 aromatic rings. The summed E-state index contributed by atoms with van der Waals surface area (Å²) in [5, 5.41) is 0. The number of nitrogens with zero attached hydrogens (tertiary/aromatic N) is 3. The number of hydrogen-bond acceptors (Lipinski definition) is 3. The fraction of sp³-hybridized carbons (Fsp3) is 0.552. The van der Waals surface area contributed by atoms with E-state index in [1.54, 1.807) is 17.3 Å². The number of pyridine rings is 1. The first-order valence-electron chi connectivity index (χ1n) is 13.5. The number of aromatic nitrogens is 1. The minimum atomic E-state index is -0.399. The molecule has 1 aromatic carbocycles. The Balaban J connectivity index is 1.42. The van der Waals surface area contributed by atoms with Crippen LogP contribution in [0.5, 0.6) is 0 Å². The Morgan fingerprint density at radius 2 is 1.26 bits per heavy atom. The van der Waals surface area contributed by atoms with Gasteiger partial charge < -0.3 is 14.4 Å². The molecule has 6 heteroatoms. The van der Waals surface area contributed by atoms with Crippen LogP contribution in [-0.2, 0) is 0 Å². The maximum absolute atomic E-state index is 13.7. The highest BCUT2D eigenvalue weighted by Gasteiger charge is 2.29. The lowest BCUT2D eigenvalue weighted by molar-refractivity contribution is 0.0721. The van der Waals surface area contributed by atoms with Crippen molar-refractivity contribution >= 4 is 11.8 Å². The molecule has 2 aliphatic heterocycles. The van der Waals surface area contributed by atoms with Crippen LogP contribution < -0.4 is 5.43 Å². The Morgan fingerprint density at radius 3 is 1.91 bits per heavy atom. The predicted octanol–water partition coefficient (Wildman–Crippen LogP) is 5.00. The Labute approximate surface area is 207 Å². The van der Waals surface area contributed by atoms with Crippen LogP contribution in [0.1, 0.15) is 102 Å². The van der Waals surface area contributed by atoms with Crippen LogP contribution in [0.15, 0.2) is 47.5 Å². The molecule has 2 saturated heterocycles. The van der Waals surface area contributed by atoms with Crippen molar-refractivity contribution in [3.8, 4) is 0 Å². The molecule has 1 aromatic heterocycles. The Bertz CT molecular complexity index is 1100. The smallest absolute Gasteiger partial charge is 0.259 e. The lowest BCUT2D eigenvalue weighted by Crippen LogP contribution is -2.41. The van der Waals surface area contributed by atoms with Gasteiger partial charge in [0.2, 0.25) is 5.43 Å². The highest BCUT2D eigenvalue weighted by Crippen LogP contribution is 2.31. The van der Waals surface area contributed by atoms with Gasteiger partial charge in [0.1, 0.15) is 11.1 Å². The van der Waals surface area contributed by atoms with Gasteiger partial charge in [-0.05, 0) is 62.8 Å². The zero-order valence-corrected chi connectivity index (χ0v) is 20.7. The molecule has 1 saturated carbocycles. The molecule has 0 N–H and O–H groups in total. The maximum atomic E-state index is 13.7. The lowest BCUT2D eigenvalue weighted by atomic mass is 9.92. The predicted molar refractivity (Wildman–Crippen MR) is 137 cm³/mol.